The molecule has 108 valence electrons. The molecular formula is C14H25N3O2. The first-order valence-corrected chi connectivity index (χ1v) is 7.42. The van der Waals surface area contributed by atoms with E-state index in [1.807, 2.05) is 4.90 Å². The van der Waals surface area contributed by atoms with Crippen molar-refractivity contribution < 1.29 is 9.59 Å². The van der Waals surface area contributed by atoms with Gasteiger partial charge in [-0.1, -0.05) is 12.8 Å². The Bertz CT molecular complexity index is 338. The average molecular weight is 267 g/mol. The largest absolute Gasteiger partial charge is 0.369 e. The molecule has 0 aromatic rings. The van der Waals surface area contributed by atoms with Crippen molar-refractivity contribution in [2.45, 2.75) is 57.5 Å². The maximum Gasteiger partial charge on any atom is 0.239 e. The Balaban J connectivity index is 2.00. The monoisotopic (exact) mass is 267 g/mol. The van der Waals surface area contributed by atoms with Gasteiger partial charge in [-0.05, 0) is 39.2 Å². The van der Waals surface area contributed by atoms with Gasteiger partial charge in [0, 0.05) is 12.6 Å². The fraction of sp³-hybridized carbons (Fsp3) is 0.857. The number of hydrogen-bond donors (Lipinski definition) is 2. The van der Waals surface area contributed by atoms with Gasteiger partial charge in [-0.25, -0.2) is 0 Å². The number of nitrogens with one attached hydrogen (secondary N) is 1. The third kappa shape index (κ3) is 3.47. The number of nitrogens with two attached hydrogens (primary N) is 1. The highest BCUT2D eigenvalue weighted by atomic mass is 16.2. The zero-order valence-electron chi connectivity index (χ0n) is 11.7. The number of nitrogens with zero attached hydrogens (tertiary/aromatic N) is 1. The Labute approximate surface area is 114 Å². The molecule has 5 nitrogen and oxygen atoms in total. The van der Waals surface area contributed by atoms with Crippen LogP contribution in [0.1, 0.15) is 45.4 Å². The maximum atomic E-state index is 12.6. The van der Waals surface area contributed by atoms with Crippen LogP contribution in [-0.2, 0) is 9.59 Å². The van der Waals surface area contributed by atoms with Crippen molar-refractivity contribution in [3.8, 4) is 0 Å². The Morgan fingerprint density at radius 3 is 2.68 bits per heavy atom. The molecule has 2 aliphatic rings. The molecule has 2 rings (SSSR count). The van der Waals surface area contributed by atoms with Gasteiger partial charge in [-0.15, -0.1) is 0 Å². The normalized spacial score (nSPS) is 32.7. The van der Waals surface area contributed by atoms with E-state index in [0.29, 0.717) is 6.54 Å². The molecule has 0 aromatic heterocycles. The van der Waals surface area contributed by atoms with Crippen LogP contribution in [0, 0.1) is 5.92 Å². The Hall–Kier alpha value is -1.10. The standard InChI is InChI=1S/C14H25N3O2/c1-10-6-7-11(13(15)18)9-17(10)14(19)12-5-3-2-4-8-16-12/h10-12,16H,2-9H2,1H3,(H2,15,18). The van der Waals surface area contributed by atoms with Crippen molar-refractivity contribution in [3.05, 3.63) is 0 Å². The van der Waals surface area contributed by atoms with E-state index in [2.05, 4.69) is 12.2 Å². The summed E-state index contributed by atoms with van der Waals surface area (Å²) in [5, 5.41) is 3.34. The van der Waals surface area contributed by atoms with Crippen molar-refractivity contribution in [2.24, 2.45) is 11.7 Å². The summed E-state index contributed by atoms with van der Waals surface area (Å²) in [6, 6.07) is 0.143. The van der Waals surface area contributed by atoms with Gasteiger partial charge in [0.05, 0.1) is 12.0 Å². The molecule has 0 radical (unpaired) electrons. The lowest BCUT2D eigenvalue weighted by Gasteiger charge is -2.38. The fourth-order valence-electron chi connectivity index (χ4n) is 3.09. The summed E-state index contributed by atoms with van der Waals surface area (Å²) in [5.74, 6) is -0.301. The third-order valence-corrected chi connectivity index (χ3v) is 4.43. The van der Waals surface area contributed by atoms with Crippen LogP contribution in [-0.4, -0.2) is 41.9 Å². The maximum absolute atomic E-state index is 12.6. The highest BCUT2D eigenvalue weighted by Gasteiger charge is 2.34. The summed E-state index contributed by atoms with van der Waals surface area (Å²) < 4.78 is 0. The van der Waals surface area contributed by atoms with Gasteiger partial charge in [-0.3, -0.25) is 9.59 Å². The lowest BCUT2D eigenvalue weighted by molar-refractivity contribution is -0.139. The highest BCUT2D eigenvalue weighted by molar-refractivity contribution is 5.84. The molecule has 0 aromatic carbocycles. The number of carbonyl (C=O) groups is 2. The van der Waals surface area contributed by atoms with Crippen LogP contribution in [0.25, 0.3) is 0 Å². The van der Waals surface area contributed by atoms with E-state index in [9.17, 15) is 9.59 Å². The summed E-state index contributed by atoms with van der Waals surface area (Å²) in [5.41, 5.74) is 5.39. The van der Waals surface area contributed by atoms with Crippen molar-refractivity contribution >= 4 is 11.8 Å². The molecule has 5 heteroatoms. The number of primary amides is 1. The van der Waals surface area contributed by atoms with Crippen molar-refractivity contribution in [1.29, 1.82) is 0 Å². The molecule has 0 aliphatic carbocycles. The van der Waals surface area contributed by atoms with Crippen molar-refractivity contribution in [2.75, 3.05) is 13.1 Å². The summed E-state index contributed by atoms with van der Waals surface area (Å²) in [4.78, 5) is 25.8. The number of rotatable bonds is 2. The quantitative estimate of drug-likeness (QED) is 0.770. The molecule has 2 heterocycles. The van der Waals surface area contributed by atoms with Gasteiger partial charge in [-0.2, -0.15) is 0 Å². The molecular weight excluding hydrogens is 242 g/mol. The van der Waals surface area contributed by atoms with E-state index < -0.39 is 0 Å². The van der Waals surface area contributed by atoms with E-state index in [0.717, 1.165) is 38.6 Å². The lowest BCUT2D eigenvalue weighted by atomic mass is 9.92. The zero-order valence-corrected chi connectivity index (χ0v) is 11.7. The molecule has 19 heavy (non-hydrogen) atoms. The number of amides is 2. The fourth-order valence-corrected chi connectivity index (χ4v) is 3.09. The minimum absolute atomic E-state index is 0.0726. The molecule has 2 amide bonds. The van der Waals surface area contributed by atoms with Crippen LogP contribution in [0.15, 0.2) is 0 Å². The smallest absolute Gasteiger partial charge is 0.239 e. The third-order valence-electron chi connectivity index (χ3n) is 4.43. The number of likely N-dealkylation sites (tertiary alicyclic amines) is 1. The van der Waals surface area contributed by atoms with E-state index in [1.165, 1.54) is 6.42 Å². The van der Waals surface area contributed by atoms with Crippen LogP contribution < -0.4 is 11.1 Å². The van der Waals surface area contributed by atoms with Crippen molar-refractivity contribution in [3.63, 3.8) is 0 Å². The average Bonchev–Trinajstić information content (AvgIpc) is 2.67. The number of hydrogen-bond acceptors (Lipinski definition) is 3. The SMILES string of the molecule is CC1CCC(C(N)=O)CN1C(=O)C1CCCCCN1. The second kappa shape index (κ2) is 6.37. The Kier molecular flexibility index (Phi) is 4.80. The van der Waals surface area contributed by atoms with Gasteiger partial charge in [0.25, 0.3) is 0 Å². The predicted molar refractivity (Wildman–Crippen MR) is 73.4 cm³/mol. The molecule has 2 saturated heterocycles. The summed E-state index contributed by atoms with van der Waals surface area (Å²) in [7, 11) is 0. The van der Waals surface area contributed by atoms with Crippen LogP contribution in [0.5, 0.6) is 0 Å². The summed E-state index contributed by atoms with van der Waals surface area (Å²) in [6.07, 6.45) is 6.01. The lowest BCUT2D eigenvalue weighted by Crippen LogP contribution is -2.54. The first-order chi connectivity index (χ1) is 9.09. The van der Waals surface area contributed by atoms with E-state index in [1.54, 1.807) is 0 Å². The molecule has 0 saturated carbocycles. The zero-order chi connectivity index (χ0) is 13.8. The Morgan fingerprint density at radius 1 is 1.16 bits per heavy atom. The summed E-state index contributed by atoms with van der Waals surface area (Å²) >= 11 is 0. The molecule has 0 spiro atoms. The Morgan fingerprint density at radius 2 is 1.95 bits per heavy atom. The van der Waals surface area contributed by atoms with Crippen LogP contribution in [0.3, 0.4) is 0 Å². The van der Waals surface area contributed by atoms with E-state index in [-0.39, 0.29) is 29.8 Å². The van der Waals surface area contributed by atoms with E-state index >= 15 is 0 Å². The van der Waals surface area contributed by atoms with Gasteiger partial charge < -0.3 is 16.0 Å². The van der Waals surface area contributed by atoms with Gasteiger partial charge in [0.15, 0.2) is 0 Å². The van der Waals surface area contributed by atoms with Gasteiger partial charge in [0.1, 0.15) is 0 Å². The van der Waals surface area contributed by atoms with Crippen LogP contribution >= 0.6 is 0 Å². The molecule has 2 fully saturated rings. The van der Waals surface area contributed by atoms with Gasteiger partial charge in [0.2, 0.25) is 11.8 Å². The number of piperidine rings is 1. The topological polar surface area (TPSA) is 75.4 Å². The van der Waals surface area contributed by atoms with E-state index in [4.69, 9.17) is 5.73 Å². The molecule has 3 unspecified atom stereocenters. The first-order valence-electron chi connectivity index (χ1n) is 7.42. The molecule has 0 bridgehead atoms. The second-order valence-electron chi connectivity index (χ2n) is 5.87. The molecule has 3 N–H and O–H groups in total. The first kappa shape index (κ1) is 14.3. The minimum Gasteiger partial charge on any atom is -0.369 e. The van der Waals surface area contributed by atoms with Crippen molar-refractivity contribution in [1.82, 2.24) is 10.2 Å². The van der Waals surface area contributed by atoms with Crippen LogP contribution in [0.4, 0.5) is 0 Å². The molecule has 2 aliphatic heterocycles. The highest BCUT2D eigenvalue weighted by Crippen LogP contribution is 2.23. The van der Waals surface area contributed by atoms with Crippen LogP contribution in [0.2, 0.25) is 0 Å². The molecule has 3 atom stereocenters. The number of carbonyl (C=O) groups excluding carboxylic acids is 2. The summed E-state index contributed by atoms with van der Waals surface area (Å²) in [6.45, 7) is 3.47. The minimum atomic E-state index is -0.279. The van der Waals surface area contributed by atoms with Gasteiger partial charge >= 0.3 is 0 Å². The predicted octanol–water partition coefficient (Wildman–Crippen LogP) is 0.631. The second-order valence-corrected chi connectivity index (χ2v) is 5.87.